The van der Waals surface area contributed by atoms with Crippen molar-refractivity contribution < 1.29 is 14.7 Å². The summed E-state index contributed by atoms with van der Waals surface area (Å²) in [5.74, 6) is -0.418. The van der Waals surface area contributed by atoms with Crippen molar-refractivity contribution in [1.29, 1.82) is 0 Å². The smallest absolute Gasteiger partial charge is 0.404 e. The number of hydrogen-bond donors (Lipinski definition) is 3. The van der Waals surface area contributed by atoms with Gasteiger partial charge in [-0.05, 0) is 44.7 Å². The molecular formula is C18H20ClN3O4. The lowest BCUT2D eigenvalue weighted by Gasteiger charge is -2.31. The second-order valence-electron chi connectivity index (χ2n) is 6.62. The quantitative estimate of drug-likeness (QED) is 0.710. The lowest BCUT2D eigenvalue weighted by atomic mass is 9.90. The Morgan fingerprint density at radius 1 is 1.35 bits per heavy atom. The summed E-state index contributed by atoms with van der Waals surface area (Å²) in [6.45, 7) is 1.30. The maximum atomic E-state index is 13.1. The van der Waals surface area contributed by atoms with Gasteiger partial charge in [-0.3, -0.25) is 9.59 Å². The highest BCUT2D eigenvalue weighted by Gasteiger charge is 2.29. The van der Waals surface area contributed by atoms with Gasteiger partial charge in [-0.2, -0.15) is 0 Å². The molecule has 2 unspecified atom stereocenters. The molecule has 1 amide bonds. The fraction of sp³-hybridized carbons (Fsp3) is 0.389. The van der Waals surface area contributed by atoms with E-state index in [0.717, 1.165) is 6.42 Å². The van der Waals surface area contributed by atoms with E-state index in [4.69, 9.17) is 22.4 Å². The Bertz CT molecular complexity index is 954. The Kier molecular flexibility index (Phi) is 4.91. The Labute approximate surface area is 154 Å². The number of nitrogen functional groups attached to an aromatic ring is 1. The molecule has 1 aliphatic carbocycles. The molecular weight excluding hydrogens is 358 g/mol. The lowest BCUT2D eigenvalue weighted by molar-refractivity contribution is 0.101. The van der Waals surface area contributed by atoms with Gasteiger partial charge in [0.15, 0.2) is 5.78 Å². The van der Waals surface area contributed by atoms with Crippen molar-refractivity contribution in [2.24, 2.45) is 0 Å². The van der Waals surface area contributed by atoms with Crippen LogP contribution in [0.1, 0.15) is 49.0 Å². The minimum Gasteiger partial charge on any atom is -0.465 e. The molecule has 3 rings (SSSR count). The van der Waals surface area contributed by atoms with Gasteiger partial charge in [-0.1, -0.05) is 17.7 Å². The number of nitrogens with two attached hydrogens (primary N) is 1. The number of Topliss-reactive ketones (excluding diaryl/α,β-unsaturated/α-hetero) is 1. The van der Waals surface area contributed by atoms with Crippen molar-refractivity contribution in [2.75, 3.05) is 5.73 Å². The van der Waals surface area contributed by atoms with Crippen LogP contribution in [0.2, 0.25) is 5.02 Å². The fourth-order valence-electron chi connectivity index (χ4n) is 3.86. The average Bonchev–Trinajstić information content (AvgIpc) is 2.54. The van der Waals surface area contributed by atoms with Crippen LogP contribution in [-0.4, -0.2) is 27.6 Å². The number of halogens is 1. The highest BCUT2D eigenvalue weighted by molar-refractivity contribution is 6.36. The number of carbonyl (C=O) groups is 2. The number of aromatic nitrogens is 1. The highest BCUT2D eigenvalue weighted by atomic mass is 35.5. The van der Waals surface area contributed by atoms with E-state index in [1.807, 2.05) is 0 Å². The Morgan fingerprint density at radius 2 is 2.08 bits per heavy atom. The van der Waals surface area contributed by atoms with Gasteiger partial charge in [0.1, 0.15) is 5.56 Å². The zero-order valence-corrected chi connectivity index (χ0v) is 15.0. The number of anilines is 1. The third-order valence-corrected chi connectivity index (χ3v) is 5.23. The van der Waals surface area contributed by atoms with Crippen molar-refractivity contribution in [1.82, 2.24) is 9.88 Å². The third kappa shape index (κ3) is 3.14. The van der Waals surface area contributed by atoms with E-state index in [2.05, 4.69) is 5.32 Å². The number of carboxylic acid groups (broad SMARTS) is 1. The molecule has 0 spiro atoms. The summed E-state index contributed by atoms with van der Waals surface area (Å²) >= 11 is 6.30. The summed E-state index contributed by atoms with van der Waals surface area (Å²) in [6, 6.07) is 4.65. The minimum atomic E-state index is -1.09. The lowest BCUT2D eigenvalue weighted by Crippen LogP contribution is -2.40. The first kappa shape index (κ1) is 18.3. The van der Waals surface area contributed by atoms with Gasteiger partial charge in [-0.15, -0.1) is 0 Å². The standard InChI is InChI=1S/C18H20ClN3O4/c1-9(23)14-16(20)15-12(19)6-3-7-13(15)22(17(14)24)11-5-2-4-10(8-11)21-18(25)26/h3,6-7,10-11,21H,2,4-5,8,20H2,1H3,(H,25,26). The molecule has 7 nitrogen and oxygen atoms in total. The summed E-state index contributed by atoms with van der Waals surface area (Å²) in [4.78, 5) is 36.1. The first-order valence-electron chi connectivity index (χ1n) is 8.43. The van der Waals surface area contributed by atoms with Crippen LogP contribution in [0, 0.1) is 0 Å². The van der Waals surface area contributed by atoms with Crippen molar-refractivity contribution in [2.45, 2.75) is 44.7 Å². The van der Waals surface area contributed by atoms with Crippen LogP contribution >= 0.6 is 11.6 Å². The van der Waals surface area contributed by atoms with Gasteiger partial charge in [0.2, 0.25) is 0 Å². The number of pyridine rings is 1. The second-order valence-corrected chi connectivity index (χ2v) is 7.03. The Hall–Kier alpha value is -2.54. The van der Waals surface area contributed by atoms with E-state index in [-0.39, 0.29) is 23.3 Å². The molecule has 4 N–H and O–H groups in total. The van der Waals surface area contributed by atoms with Crippen molar-refractivity contribution in [3.05, 3.63) is 39.1 Å². The van der Waals surface area contributed by atoms with Crippen molar-refractivity contribution >= 4 is 40.1 Å². The monoisotopic (exact) mass is 377 g/mol. The van der Waals surface area contributed by atoms with E-state index in [0.29, 0.717) is 35.2 Å². The molecule has 8 heteroatoms. The molecule has 1 aliphatic rings. The zero-order chi connectivity index (χ0) is 19.0. The fourth-order valence-corrected chi connectivity index (χ4v) is 4.13. The van der Waals surface area contributed by atoms with Crippen LogP contribution in [0.4, 0.5) is 10.5 Å². The molecule has 0 saturated heterocycles. The van der Waals surface area contributed by atoms with Gasteiger partial charge in [-0.25, -0.2) is 4.79 Å². The van der Waals surface area contributed by atoms with Gasteiger partial charge in [0.05, 0.1) is 16.2 Å². The number of benzene rings is 1. The summed E-state index contributed by atoms with van der Waals surface area (Å²) in [7, 11) is 0. The molecule has 0 radical (unpaired) electrons. The molecule has 1 fully saturated rings. The molecule has 138 valence electrons. The molecule has 0 aliphatic heterocycles. The number of rotatable bonds is 3. The molecule has 1 aromatic heterocycles. The third-order valence-electron chi connectivity index (χ3n) is 4.91. The second kappa shape index (κ2) is 6.99. The summed E-state index contributed by atoms with van der Waals surface area (Å²) < 4.78 is 1.56. The molecule has 2 atom stereocenters. The van der Waals surface area contributed by atoms with Crippen LogP contribution in [0.5, 0.6) is 0 Å². The van der Waals surface area contributed by atoms with Crippen LogP contribution in [0.3, 0.4) is 0 Å². The predicted octanol–water partition coefficient (Wildman–Crippen LogP) is 3.19. The number of carbonyl (C=O) groups excluding carboxylic acids is 1. The van der Waals surface area contributed by atoms with Gasteiger partial charge < -0.3 is 20.7 Å². The molecule has 2 aromatic rings. The molecule has 1 aromatic carbocycles. The minimum absolute atomic E-state index is 0.0704. The number of fused-ring (bicyclic) bond motifs is 1. The van der Waals surface area contributed by atoms with E-state index in [1.165, 1.54) is 6.92 Å². The Morgan fingerprint density at radius 3 is 2.73 bits per heavy atom. The number of hydrogen-bond acceptors (Lipinski definition) is 4. The van der Waals surface area contributed by atoms with Crippen molar-refractivity contribution in [3.8, 4) is 0 Å². The maximum absolute atomic E-state index is 13.1. The van der Waals surface area contributed by atoms with Crippen LogP contribution in [0.25, 0.3) is 10.9 Å². The van der Waals surface area contributed by atoms with Gasteiger partial charge in [0, 0.05) is 17.5 Å². The van der Waals surface area contributed by atoms with Crippen LogP contribution in [-0.2, 0) is 0 Å². The van der Waals surface area contributed by atoms with Crippen LogP contribution < -0.4 is 16.6 Å². The number of nitrogens with one attached hydrogen (secondary N) is 1. The highest BCUT2D eigenvalue weighted by Crippen LogP contribution is 2.35. The molecule has 1 heterocycles. The number of amides is 1. The maximum Gasteiger partial charge on any atom is 0.404 e. The van der Waals surface area contributed by atoms with Crippen molar-refractivity contribution in [3.63, 3.8) is 0 Å². The molecule has 26 heavy (non-hydrogen) atoms. The summed E-state index contributed by atoms with van der Waals surface area (Å²) in [5, 5.41) is 12.3. The average molecular weight is 378 g/mol. The molecule has 1 saturated carbocycles. The SMILES string of the molecule is CC(=O)c1c(N)c2c(Cl)cccc2n(C2CCCC(NC(=O)O)C2)c1=O. The predicted molar refractivity (Wildman–Crippen MR) is 100 cm³/mol. The summed E-state index contributed by atoms with van der Waals surface area (Å²) in [6.07, 6.45) is 1.57. The number of ketones is 1. The first-order chi connectivity index (χ1) is 12.3. The normalized spacial score (nSPS) is 20.1. The van der Waals surface area contributed by atoms with E-state index in [9.17, 15) is 14.4 Å². The van der Waals surface area contributed by atoms with Gasteiger partial charge >= 0.3 is 6.09 Å². The van der Waals surface area contributed by atoms with Crippen LogP contribution in [0.15, 0.2) is 23.0 Å². The zero-order valence-electron chi connectivity index (χ0n) is 14.3. The molecule has 0 bridgehead atoms. The first-order valence-corrected chi connectivity index (χ1v) is 8.81. The van der Waals surface area contributed by atoms with E-state index >= 15 is 0 Å². The van der Waals surface area contributed by atoms with E-state index < -0.39 is 17.4 Å². The van der Waals surface area contributed by atoms with E-state index in [1.54, 1.807) is 22.8 Å². The largest absolute Gasteiger partial charge is 0.465 e. The van der Waals surface area contributed by atoms with Gasteiger partial charge in [0.25, 0.3) is 5.56 Å². The summed E-state index contributed by atoms with van der Waals surface area (Å²) in [5.41, 5.74) is 6.24. The topological polar surface area (TPSA) is 114 Å². The number of nitrogens with zero attached hydrogens (tertiary/aromatic N) is 1. The Balaban J connectivity index is 2.22.